The Morgan fingerprint density at radius 3 is 2.56 bits per heavy atom. The van der Waals surface area contributed by atoms with Crippen LogP contribution in [0.3, 0.4) is 0 Å². The Morgan fingerprint density at radius 2 is 1.89 bits per heavy atom. The van der Waals surface area contributed by atoms with Crippen LogP contribution >= 0.6 is 0 Å². The lowest BCUT2D eigenvalue weighted by Crippen LogP contribution is -2.04. The van der Waals surface area contributed by atoms with Crippen LogP contribution in [-0.4, -0.2) is 6.54 Å². The summed E-state index contributed by atoms with van der Waals surface area (Å²) in [4.78, 5) is 0. The molecule has 0 unspecified atom stereocenters. The van der Waals surface area contributed by atoms with E-state index in [0.717, 1.165) is 12.0 Å². The van der Waals surface area contributed by atoms with Crippen molar-refractivity contribution in [1.82, 2.24) is 0 Å². The number of nitrogens with two attached hydrogens (primary N) is 1. The Hall–Kier alpha value is -1.87. The van der Waals surface area contributed by atoms with E-state index >= 15 is 0 Å². The van der Waals surface area contributed by atoms with E-state index in [2.05, 4.69) is 0 Å². The summed E-state index contributed by atoms with van der Waals surface area (Å²) in [5, 5.41) is 0. The van der Waals surface area contributed by atoms with E-state index in [0.29, 0.717) is 18.0 Å². The minimum atomic E-state index is -0.302. The number of ether oxygens (including phenoxy) is 1. The van der Waals surface area contributed by atoms with E-state index in [-0.39, 0.29) is 5.82 Å². The van der Waals surface area contributed by atoms with Crippen molar-refractivity contribution in [2.24, 2.45) is 5.73 Å². The Morgan fingerprint density at radius 1 is 1.11 bits per heavy atom. The molecule has 0 amide bonds. The maximum Gasteiger partial charge on any atom is 0.130 e. The van der Waals surface area contributed by atoms with Crippen LogP contribution < -0.4 is 10.5 Å². The predicted molar refractivity (Wildman–Crippen MR) is 70.4 cm³/mol. The lowest BCUT2D eigenvalue weighted by molar-refractivity contribution is 0.476. The smallest absolute Gasteiger partial charge is 0.130 e. The molecule has 2 N–H and O–H groups in total. The standard InChI is InChI=1S/C15H16FNO/c1-11-9-15(6-5-12(11)7-8-17)18-14-4-2-3-13(16)10-14/h2-6,9-10H,7-8,17H2,1H3. The van der Waals surface area contributed by atoms with Gasteiger partial charge in [0.1, 0.15) is 17.3 Å². The fourth-order valence-electron chi connectivity index (χ4n) is 1.83. The minimum absolute atomic E-state index is 0.302. The van der Waals surface area contributed by atoms with Gasteiger partial charge in [-0.25, -0.2) is 4.39 Å². The van der Waals surface area contributed by atoms with Gasteiger partial charge in [-0.15, -0.1) is 0 Å². The molecule has 2 rings (SSSR count). The van der Waals surface area contributed by atoms with Crippen LogP contribution in [0.25, 0.3) is 0 Å². The molecule has 0 spiro atoms. The van der Waals surface area contributed by atoms with Crippen molar-refractivity contribution in [3.63, 3.8) is 0 Å². The zero-order valence-corrected chi connectivity index (χ0v) is 10.3. The van der Waals surface area contributed by atoms with Crippen LogP contribution in [0.2, 0.25) is 0 Å². The highest BCUT2D eigenvalue weighted by Gasteiger charge is 2.02. The maximum atomic E-state index is 13.0. The number of hydrogen-bond donors (Lipinski definition) is 1. The largest absolute Gasteiger partial charge is 0.457 e. The van der Waals surface area contributed by atoms with Gasteiger partial charge >= 0.3 is 0 Å². The Balaban J connectivity index is 2.17. The third kappa shape index (κ3) is 3.08. The van der Waals surface area contributed by atoms with Gasteiger partial charge in [0.25, 0.3) is 0 Å². The summed E-state index contributed by atoms with van der Waals surface area (Å²) in [7, 11) is 0. The second kappa shape index (κ2) is 5.65. The molecular weight excluding hydrogens is 229 g/mol. The molecule has 0 radical (unpaired) electrons. The highest BCUT2D eigenvalue weighted by Crippen LogP contribution is 2.24. The number of halogens is 1. The van der Waals surface area contributed by atoms with Crippen molar-refractivity contribution in [3.8, 4) is 11.5 Å². The normalized spacial score (nSPS) is 10.4. The highest BCUT2D eigenvalue weighted by molar-refractivity contribution is 5.38. The Labute approximate surface area is 106 Å². The van der Waals surface area contributed by atoms with Gasteiger partial charge in [-0.1, -0.05) is 12.1 Å². The van der Waals surface area contributed by atoms with Crippen molar-refractivity contribution in [1.29, 1.82) is 0 Å². The van der Waals surface area contributed by atoms with Gasteiger partial charge in [0.15, 0.2) is 0 Å². The number of hydrogen-bond acceptors (Lipinski definition) is 2. The zero-order chi connectivity index (χ0) is 13.0. The molecule has 94 valence electrons. The van der Waals surface area contributed by atoms with Crippen LogP contribution in [0.4, 0.5) is 4.39 Å². The van der Waals surface area contributed by atoms with Crippen LogP contribution in [0.1, 0.15) is 11.1 Å². The fraction of sp³-hybridized carbons (Fsp3) is 0.200. The summed E-state index contributed by atoms with van der Waals surface area (Å²) in [5.41, 5.74) is 7.88. The molecule has 0 aliphatic rings. The van der Waals surface area contributed by atoms with Gasteiger partial charge < -0.3 is 10.5 Å². The lowest BCUT2D eigenvalue weighted by Gasteiger charge is -2.09. The molecule has 2 nitrogen and oxygen atoms in total. The number of rotatable bonds is 4. The average Bonchev–Trinajstić information content (AvgIpc) is 2.33. The molecule has 2 aromatic carbocycles. The molecule has 2 aromatic rings. The Bertz CT molecular complexity index is 540. The summed E-state index contributed by atoms with van der Waals surface area (Å²) in [6, 6.07) is 11.9. The molecule has 0 aromatic heterocycles. The first-order valence-electron chi connectivity index (χ1n) is 5.92. The van der Waals surface area contributed by atoms with E-state index in [1.54, 1.807) is 12.1 Å². The van der Waals surface area contributed by atoms with E-state index in [1.807, 2.05) is 25.1 Å². The van der Waals surface area contributed by atoms with Crippen molar-refractivity contribution in [2.45, 2.75) is 13.3 Å². The highest BCUT2D eigenvalue weighted by atomic mass is 19.1. The monoisotopic (exact) mass is 245 g/mol. The van der Waals surface area contributed by atoms with Gasteiger partial charge in [-0.2, -0.15) is 0 Å². The molecule has 0 aliphatic heterocycles. The summed E-state index contributed by atoms with van der Waals surface area (Å²) in [6.07, 6.45) is 0.853. The summed E-state index contributed by atoms with van der Waals surface area (Å²) < 4.78 is 18.6. The number of benzene rings is 2. The fourth-order valence-corrected chi connectivity index (χ4v) is 1.83. The second-order valence-corrected chi connectivity index (χ2v) is 4.19. The van der Waals surface area contributed by atoms with Crippen molar-refractivity contribution < 1.29 is 9.13 Å². The first-order chi connectivity index (χ1) is 8.69. The molecule has 18 heavy (non-hydrogen) atoms. The summed E-state index contributed by atoms with van der Waals surface area (Å²) >= 11 is 0. The molecule has 0 saturated heterocycles. The molecule has 0 atom stereocenters. The third-order valence-electron chi connectivity index (χ3n) is 2.76. The first kappa shape index (κ1) is 12.6. The van der Waals surface area contributed by atoms with Crippen LogP contribution in [0.5, 0.6) is 11.5 Å². The van der Waals surface area contributed by atoms with E-state index < -0.39 is 0 Å². The predicted octanol–water partition coefficient (Wildman–Crippen LogP) is 3.43. The topological polar surface area (TPSA) is 35.2 Å². The van der Waals surface area contributed by atoms with E-state index in [9.17, 15) is 4.39 Å². The van der Waals surface area contributed by atoms with Crippen LogP contribution in [0.15, 0.2) is 42.5 Å². The number of aryl methyl sites for hydroxylation is 1. The first-order valence-corrected chi connectivity index (χ1v) is 5.92. The van der Waals surface area contributed by atoms with E-state index in [4.69, 9.17) is 10.5 Å². The lowest BCUT2D eigenvalue weighted by atomic mass is 10.1. The van der Waals surface area contributed by atoms with Gasteiger partial charge in [0.2, 0.25) is 0 Å². The van der Waals surface area contributed by atoms with Crippen LogP contribution in [0, 0.1) is 12.7 Å². The van der Waals surface area contributed by atoms with Gasteiger partial charge in [0.05, 0.1) is 0 Å². The Kier molecular flexibility index (Phi) is 3.95. The maximum absolute atomic E-state index is 13.0. The molecule has 0 heterocycles. The van der Waals surface area contributed by atoms with Gasteiger partial charge in [-0.05, 0) is 55.3 Å². The van der Waals surface area contributed by atoms with Gasteiger partial charge in [-0.3, -0.25) is 0 Å². The van der Waals surface area contributed by atoms with Crippen molar-refractivity contribution >= 4 is 0 Å². The second-order valence-electron chi connectivity index (χ2n) is 4.19. The minimum Gasteiger partial charge on any atom is -0.457 e. The van der Waals surface area contributed by atoms with Crippen molar-refractivity contribution in [2.75, 3.05) is 6.54 Å². The zero-order valence-electron chi connectivity index (χ0n) is 10.3. The molecule has 0 saturated carbocycles. The average molecular weight is 245 g/mol. The third-order valence-corrected chi connectivity index (χ3v) is 2.76. The summed E-state index contributed by atoms with van der Waals surface area (Å²) in [6.45, 7) is 2.65. The molecule has 0 bridgehead atoms. The quantitative estimate of drug-likeness (QED) is 0.895. The van der Waals surface area contributed by atoms with E-state index in [1.165, 1.54) is 17.7 Å². The van der Waals surface area contributed by atoms with Crippen molar-refractivity contribution in [3.05, 3.63) is 59.4 Å². The summed E-state index contributed by atoms with van der Waals surface area (Å²) in [5.74, 6) is 0.906. The molecule has 0 fully saturated rings. The van der Waals surface area contributed by atoms with Crippen LogP contribution in [-0.2, 0) is 6.42 Å². The molecular formula is C15H16FNO. The molecule has 3 heteroatoms. The van der Waals surface area contributed by atoms with Gasteiger partial charge in [0, 0.05) is 6.07 Å². The molecule has 0 aliphatic carbocycles. The SMILES string of the molecule is Cc1cc(Oc2cccc(F)c2)ccc1CCN.